The normalized spacial score (nSPS) is 17.1. The van der Waals surface area contributed by atoms with Crippen LogP contribution in [0.3, 0.4) is 0 Å². The molecule has 1 aromatic heterocycles. The number of nitrogens with zero attached hydrogens (tertiary/aromatic N) is 3. The Balaban J connectivity index is 1.53. The Hall–Kier alpha value is -2.03. The van der Waals surface area contributed by atoms with Crippen molar-refractivity contribution in [2.24, 2.45) is 5.92 Å². The van der Waals surface area contributed by atoms with Crippen LogP contribution in [0.1, 0.15) is 54.7 Å². The van der Waals surface area contributed by atoms with Gasteiger partial charge in [-0.05, 0) is 32.5 Å². The first-order chi connectivity index (χ1) is 14.0. The fourth-order valence-electron chi connectivity index (χ4n) is 3.83. The summed E-state index contributed by atoms with van der Waals surface area (Å²) in [5.74, 6) is 0.343. The SMILES string of the molecule is CN(C)CC(CNC(=O)Nc1nnc(C2CCCCC2)s1)C(O)c1ccccc1. The number of anilines is 1. The molecule has 0 saturated heterocycles. The minimum absolute atomic E-state index is 0.134. The summed E-state index contributed by atoms with van der Waals surface area (Å²) in [4.78, 5) is 14.4. The molecule has 1 aliphatic carbocycles. The lowest BCUT2D eigenvalue weighted by Gasteiger charge is -2.26. The number of urea groups is 1. The van der Waals surface area contributed by atoms with Gasteiger partial charge in [0.25, 0.3) is 0 Å². The summed E-state index contributed by atoms with van der Waals surface area (Å²) in [5, 5.41) is 26.4. The molecule has 29 heavy (non-hydrogen) atoms. The zero-order valence-corrected chi connectivity index (χ0v) is 18.0. The van der Waals surface area contributed by atoms with Crippen LogP contribution in [-0.2, 0) is 0 Å². The Morgan fingerprint density at radius 1 is 1.21 bits per heavy atom. The van der Waals surface area contributed by atoms with Crippen molar-refractivity contribution in [3.05, 3.63) is 40.9 Å². The molecular formula is C21H31N5O2S. The monoisotopic (exact) mass is 417 g/mol. The van der Waals surface area contributed by atoms with E-state index < -0.39 is 6.10 Å². The van der Waals surface area contributed by atoms with Crippen molar-refractivity contribution in [1.29, 1.82) is 0 Å². The van der Waals surface area contributed by atoms with Gasteiger partial charge in [0, 0.05) is 24.9 Å². The average Bonchev–Trinajstić information content (AvgIpc) is 3.20. The molecule has 0 spiro atoms. The van der Waals surface area contributed by atoms with Crippen LogP contribution < -0.4 is 10.6 Å². The van der Waals surface area contributed by atoms with Crippen LogP contribution in [-0.4, -0.2) is 53.4 Å². The highest BCUT2D eigenvalue weighted by atomic mass is 32.1. The number of aliphatic hydroxyl groups excluding tert-OH is 1. The third-order valence-corrected chi connectivity index (χ3v) is 6.33. The fourth-order valence-corrected chi connectivity index (χ4v) is 4.74. The van der Waals surface area contributed by atoms with Gasteiger partial charge in [-0.25, -0.2) is 4.79 Å². The van der Waals surface area contributed by atoms with Gasteiger partial charge < -0.3 is 15.3 Å². The molecule has 2 unspecified atom stereocenters. The smallest absolute Gasteiger partial charge is 0.321 e. The summed E-state index contributed by atoms with van der Waals surface area (Å²) in [6, 6.07) is 9.23. The Labute approximate surface area is 176 Å². The number of carbonyl (C=O) groups is 1. The molecule has 1 aliphatic rings. The van der Waals surface area contributed by atoms with E-state index in [2.05, 4.69) is 20.8 Å². The summed E-state index contributed by atoms with van der Waals surface area (Å²) in [7, 11) is 3.91. The molecule has 2 amide bonds. The second kappa shape index (κ2) is 10.7. The number of amides is 2. The molecule has 0 aliphatic heterocycles. The van der Waals surface area contributed by atoms with Gasteiger partial charge >= 0.3 is 6.03 Å². The predicted octanol–water partition coefficient (Wildman–Crippen LogP) is 3.62. The summed E-state index contributed by atoms with van der Waals surface area (Å²) in [6.07, 6.45) is 5.44. The maximum Gasteiger partial charge on any atom is 0.321 e. The van der Waals surface area contributed by atoms with E-state index >= 15 is 0 Å². The lowest BCUT2D eigenvalue weighted by Crippen LogP contribution is -2.39. The van der Waals surface area contributed by atoms with Gasteiger partial charge in [0.05, 0.1) is 6.10 Å². The lowest BCUT2D eigenvalue weighted by atomic mass is 9.90. The second-order valence-electron chi connectivity index (χ2n) is 7.99. The number of hydrogen-bond acceptors (Lipinski definition) is 6. The van der Waals surface area contributed by atoms with Gasteiger partial charge in [0.2, 0.25) is 5.13 Å². The lowest BCUT2D eigenvalue weighted by molar-refractivity contribution is 0.0911. The molecular weight excluding hydrogens is 386 g/mol. The highest BCUT2D eigenvalue weighted by Gasteiger charge is 2.23. The highest BCUT2D eigenvalue weighted by molar-refractivity contribution is 7.15. The van der Waals surface area contributed by atoms with Crippen molar-refractivity contribution < 1.29 is 9.90 Å². The van der Waals surface area contributed by atoms with Crippen LogP contribution in [0.5, 0.6) is 0 Å². The van der Waals surface area contributed by atoms with E-state index in [9.17, 15) is 9.90 Å². The van der Waals surface area contributed by atoms with Crippen LogP contribution in [0, 0.1) is 5.92 Å². The van der Waals surface area contributed by atoms with E-state index in [0.29, 0.717) is 24.1 Å². The van der Waals surface area contributed by atoms with Crippen LogP contribution >= 0.6 is 11.3 Å². The van der Waals surface area contributed by atoms with Crippen LogP contribution in [0.4, 0.5) is 9.93 Å². The van der Waals surface area contributed by atoms with E-state index in [0.717, 1.165) is 23.4 Å². The third kappa shape index (κ3) is 6.48. The van der Waals surface area contributed by atoms with E-state index in [4.69, 9.17) is 0 Å². The Kier molecular flexibility index (Phi) is 7.97. The van der Waals surface area contributed by atoms with E-state index in [1.807, 2.05) is 49.3 Å². The largest absolute Gasteiger partial charge is 0.388 e. The molecule has 2 aromatic rings. The number of benzene rings is 1. The number of carbonyl (C=O) groups excluding carboxylic acids is 1. The Morgan fingerprint density at radius 2 is 1.93 bits per heavy atom. The third-order valence-electron chi connectivity index (χ3n) is 5.33. The molecule has 1 aromatic carbocycles. The van der Waals surface area contributed by atoms with Crippen LogP contribution in [0.2, 0.25) is 0 Å². The van der Waals surface area contributed by atoms with E-state index in [-0.39, 0.29) is 11.9 Å². The van der Waals surface area contributed by atoms with Crippen molar-refractivity contribution in [3.63, 3.8) is 0 Å². The van der Waals surface area contributed by atoms with Crippen molar-refractivity contribution in [3.8, 4) is 0 Å². The quantitative estimate of drug-likeness (QED) is 0.610. The Bertz CT molecular complexity index is 761. The molecule has 0 radical (unpaired) electrons. The number of hydrogen-bond donors (Lipinski definition) is 3. The molecule has 0 bridgehead atoms. The fraction of sp³-hybridized carbons (Fsp3) is 0.571. The maximum absolute atomic E-state index is 12.4. The first kappa shape index (κ1) is 21.7. The molecule has 2 atom stereocenters. The van der Waals surface area contributed by atoms with E-state index in [1.54, 1.807) is 0 Å². The zero-order valence-electron chi connectivity index (χ0n) is 17.2. The van der Waals surface area contributed by atoms with Gasteiger partial charge in [-0.1, -0.05) is 60.9 Å². The van der Waals surface area contributed by atoms with Crippen molar-refractivity contribution >= 4 is 22.5 Å². The summed E-state index contributed by atoms with van der Waals surface area (Å²) < 4.78 is 0. The summed E-state index contributed by atoms with van der Waals surface area (Å²) in [5.41, 5.74) is 0.850. The van der Waals surface area contributed by atoms with Crippen molar-refractivity contribution in [1.82, 2.24) is 20.4 Å². The Morgan fingerprint density at radius 3 is 2.62 bits per heavy atom. The standard InChI is InChI=1S/C21H31N5O2S/c1-26(2)14-17(18(27)15-9-5-3-6-10-15)13-22-20(28)23-21-25-24-19(29-21)16-11-7-4-8-12-16/h3,5-6,9-10,16-18,27H,4,7-8,11-14H2,1-2H3,(H2,22,23,25,28). The summed E-state index contributed by atoms with van der Waals surface area (Å²) in [6.45, 7) is 1.01. The van der Waals surface area contributed by atoms with Crippen molar-refractivity contribution in [2.45, 2.75) is 44.1 Å². The zero-order chi connectivity index (χ0) is 20.6. The minimum Gasteiger partial charge on any atom is -0.388 e. The van der Waals surface area contributed by atoms with Gasteiger partial charge in [-0.2, -0.15) is 0 Å². The van der Waals surface area contributed by atoms with Crippen LogP contribution in [0.25, 0.3) is 0 Å². The van der Waals surface area contributed by atoms with Crippen molar-refractivity contribution in [2.75, 3.05) is 32.5 Å². The second-order valence-corrected chi connectivity index (χ2v) is 9.00. The first-order valence-electron chi connectivity index (χ1n) is 10.3. The highest BCUT2D eigenvalue weighted by Crippen LogP contribution is 2.35. The molecule has 7 nitrogen and oxygen atoms in total. The number of rotatable bonds is 8. The number of aliphatic hydroxyl groups is 1. The molecule has 1 heterocycles. The topological polar surface area (TPSA) is 90.4 Å². The first-order valence-corrected chi connectivity index (χ1v) is 11.1. The minimum atomic E-state index is -0.654. The van der Waals surface area contributed by atoms with Gasteiger partial charge in [-0.3, -0.25) is 5.32 Å². The van der Waals surface area contributed by atoms with Gasteiger partial charge in [0.1, 0.15) is 5.01 Å². The molecule has 1 saturated carbocycles. The number of aromatic nitrogens is 2. The van der Waals surface area contributed by atoms with Gasteiger partial charge in [-0.15, -0.1) is 10.2 Å². The predicted molar refractivity (Wildman–Crippen MR) is 116 cm³/mol. The molecule has 1 fully saturated rings. The van der Waals surface area contributed by atoms with Gasteiger partial charge in [0.15, 0.2) is 0 Å². The maximum atomic E-state index is 12.4. The average molecular weight is 418 g/mol. The van der Waals surface area contributed by atoms with Crippen LogP contribution in [0.15, 0.2) is 30.3 Å². The molecule has 8 heteroatoms. The molecule has 3 N–H and O–H groups in total. The molecule has 158 valence electrons. The molecule has 3 rings (SSSR count). The van der Waals surface area contributed by atoms with E-state index in [1.165, 1.54) is 30.6 Å². The number of nitrogens with one attached hydrogen (secondary N) is 2. The summed E-state index contributed by atoms with van der Waals surface area (Å²) >= 11 is 1.46.